The van der Waals surface area contributed by atoms with Gasteiger partial charge in [-0.25, -0.2) is 8.42 Å². The highest BCUT2D eigenvalue weighted by atomic mass is 79.9. The topological polar surface area (TPSA) is 78.8 Å². The van der Waals surface area contributed by atoms with Gasteiger partial charge in [0.15, 0.2) is 15.0 Å². The molecular formula is C19H18BrN3O3S2. The van der Waals surface area contributed by atoms with Gasteiger partial charge in [-0.1, -0.05) is 45.9 Å². The zero-order valence-electron chi connectivity index (χ0n) is 14.8. The number of carbonyl (C=O) groups excluding carboxylic acids is 1. The van der Waals surface area contributed by atoms with Gasteiger partial charge in [-0.2, -0.15) is 0 Å². The molecule has 1 fully saturated rings. The standard InChI is InChI=1S/C19H18BrN3O3S2/c20-13-6-8-14(9-7-13)21-18(24)10-27-19-22-16-11-28(25,26)12-17(16)23(19)15-4-2-1-3-5-15/h1-9,16-17H,10-12H2,(H,21,24)/t16-,17-/m0/s1. The number of nitrogens with zero attached hydrogens (tertiary/aromatic N) is 2. The number of thioether (sulfide) groups is 1. The van der Waals surface area contributed by atoms with Crippen LogP contribution in [0.4, 0.5) is 11.4 Å². The van der Waals surface area contributed by atoms with E-state index in [-0.39, 0.29) is 35.2 Å². The second-order valence-corrected chi connectivity index (χ2v) is 10.7. The van der Waals surface area contributed by atoms with Crippen LogP contribution in [0.1, 0.15) is 0 Å². The number of amides is 1. The lowest BCUT2D eigenvalue weighted by atomic mass is 10.1. The molecule has 0 aromatic heterocycles. The van der Waals surface area contributed by atoms with Crippen LogP contribution in [0.2, 0.25) is 0 Å². The van der Waals surface area contributed by atoms with E-state index in [2.05, 4.69) is 26.2 Å². The Kier molecular flexibility index (Phi) is 5.48. The lowest BCUT2D eigenvalue weighted by Gasteiger charge is -2.26. The lowest BCUT2D eigenvalue weighted by Crippen LogP contribution is -2.39. The van der Waals surface area contributed by atoms with Crippen molar-refractivity contribution in [1.82, 2.24) is 0 Å². The number of amidine groups is 1. The van der Waals surface area contributed by atoms with Crippen molar-refractivity contribution in [3.05, 3.63) is 59.1 Å². The first kappa shape index (κ1) is 19.5. The third-order valence-electron chi connectivity index (χ3n) is 4.60. The van der Waals surface area contributed by atoms with E-state index in [0.29, 0.717) is 5.17 Å². The van der Waals surface area contributed by atoms with E-state index in [9.17, 15) is 13.2 Å². The van der Waals surface area contributed by atoms with Crippen LogP contribution in [0.5, 0.6) is 0 Å². The fourth-order valence-electron chi connectivity index (χ4n) is 3.38. The SMILES string of the molecule is O=C(CSC1=N[C@H]2CS(=O)(=O)C[C@@H]2N1c1ccccc1)Nc1ccc(Br)cc1. The van der Waals surface area contributed by atoms with E-state index in [1.54, 1.807) is 0 Å². The molecule has 0 saturated carbocycles. The summed E-state index contributed by atoms with van der Waals surface area (Å²) in [5, 5.41) is 3.56. The number of nitrogens with one attached hydrogen (secondary N) is 1. The molecule has 2 aromatic carbocycles. The molecule has 2 heterocycles. The summed E-state index contributed by atoms with van der Waals surface area (Å²) in [6, 6.07) is 16.5. The minimum atomic E-state index is -3.09. The highest BCUT2D eigenvalue weighted by Crippen LogP contribution is 2.35. The lowest BCUT2D eigenvalue weighted by molar-refractivity contribution is -0.113. The summed E-state index contributed by atoms with van der Waals surface area (Å²) >= 11 is 4.70. The quantitative estimate of drug-likeness (QED) is 0.728. The molecule has 0 bridgehead atoms. The maximum Gasteiger partial charge on any atom is 0.234 e. The molecule has 9 heteroatoms. The summed E-state index contributed by atoms with van der Waals surface area (Å²) in [6.45, 7) is 0. The van der Waals surface area contributed by atoms with Crippen molar-refractivity contribution in [2.24, 2.45) is 4.99 Å². The summed E-state index contributed by atoms with van der Waals surface area (Å²) in [6.07, 6.45) is 0. The van der Waals surface area contributed by atoms with Crippen LogP contribution >= 0.6 is 27.7 Å². The second kappa shape index (κ2) is 7.88. The molecule has 2 atom stereocenters. The highest BCUT2D eigenvalue weighted by Gasteiger charge is 2.47. The molecule has 2 aromatic rings. The molecule has 2 aliphatic rings. The maximum atomic E-state index is 12.3. The number of hydrogen-bond acceptors (Lipinski definition) is 6. The number of sulfone groups is 1. The van der Waals surface area contributed by atoms with Crippen LogP contribution in [0, 0.1) is 0 Å². The highest BCUT2D eigenvalue weighted by molar-refractivity contribution is 9.10. The monoisotopic (exact) mass is 479 g/mol. The molecule has 1 amide bonds. The van der Waals surface area contributed by atoms with Crippen LogP contribution in [0.25, 0.3) is 0 Å². The van der Waals surface area contributed by atoms with E-state index < -0.39 is 9.84 Å². The van der Waals surface area contributed by atoms with E-state index >= 15 is 0 Å². The first-order valence-corrected chi connectivity index (χ1v) is 12.3. The number of para-hydroxylation sites is 1. The van der Waals surface area contributed by atoms with Gasteiger partial charge in [0.05, 0.1) is 29.3 Å². The summed E-state index contributed by atoms with van der Waals surface area (Å²) < 4.78 is 25.0. The van der Waals surface area contributed by atoms with Crippen LogP contribution in [0.15, 0.2) is 64.1 Å². The van der Waals surface area contributed by atoms with Gasteiger partial charge in [0.25, 0.3) is 0 Å². The summed E-state index contributed by atoms with van der Waals surface area (Å²) in [5.41, 5.74) is 1.62. The largest absolute Gasteiger partial charge is 0.325 e. The van der Waals surface area contributed by atoms with Gasteiger partial charge in [-0.05, 0) is 36.4 Å². The first-order chi connectivity index (χ1) is 13.4. The minimum absolute atomic E-state index is 0.0656. The molecule has 1 N–H and O–H groups in total. The van der Waals surface area contributed by atoms with Crippen molar-refractivity contribution < 1.29 is 13.2 Å². The zero-order valence-corrected chi connectivity index (χ0v) is 18.0. The Morgan fingerprint density at radius 3 is 2.57 bits per heavy atom. The molecule has 0 radical (unpaired) electrons. The fraction of sp³-hybridized carbons (Fsp3) is 0.263. The van der Waals surface area contributed by atoms with Crippen molar-refractivity contribution in [2.45, 2.75) is 12.1 Å². The fourth-order valence-corrected chi connectivity index (χ4v) is 6.42. The number of rotatable bonds is 4. The van der Waals surface area contributed by atoms with Gasteiger partial charge >= 0.3 is 0 Å². The average molecular weight is 480 g/mol. The molecule has 146 valence electrons. The predicted molar refractivity (Wildman–Crippen MR) is 118 cm³/mol. The molecule has 6 nitrogen and oxygen atoms in total. The molecule has 2 aliphatic heterocycles. The Labute approximate surface area is 176 Å². The van der Waals surface area contributed by atoms with Gasteiger partial charge in [0.1, 0.15) is 0 Å². The minimum Gasteiger partial charge on any atom is -0.325 e. The van der Waals surface area contributed by atoms with Crippen LogP contribution in [-0.4, -0.2) is 48.8 Å². The Bertz CT molecular complexity index is 1010. The number of benzene rings is 2. The number of halogens is 1. The van der Waals surface area contributed by atoms with Gasteiger partial charge in [0, 0.05) is 15.8 Å². The van der Waals surface area contributed by atoms with E-state index in [1.807, 2.05) is 59.5 Å². The summed E-state index contributed by atoms with van der Waals surface area (Å²) in [7, 11) is -3.09. The van der Waals surface area contributed by atoms with Crippen LogP contribution in [0.3, 0.4) is 0 Å². The molecule has 0 aliphatic carbocycles. The maximum absolute atomic E-state index is 12.3. The predicted octanol–water partition coefficient (Wildman–Crippen LogP) is 3.16. The van der Waals surface area contributed by atoms with Crippen molar-refractivity contribution in [3.63, 3.8) is 0 Å². The third kappa shape index (κ3) is 4.26. The Hall–Kier alpha value is -1.84. The van der Waals surface area contributed by atoms with E-state index in [1.165, 1.54) is 11.8 Å². The van der Waals surface area contributed by atoms with Crippen molar-refractivity contribution >= 4 is 60.0 Å². The number of hydrogen-bond donors (Lipinski definition) is 1. The third-order valence-corrected chi connectivity index (χ3v) is 7.80. The van der Waals surface area contributed by atoms with Crippen molar-refractivity contribution in [1.29, 1.82) is 0 Å². The van der Waals surface area contributed by atoms with E-state index in [0.717, 1.165) is 15.8 Å². The van der Waals surface area contributed by atoms with Gasteiger partial charge in [-0.15, -0.1) is 0 Å². The number of aliphatic imine (C=N–C) groups is 1. The van der Waals surface area contributed by atoms with Crippen LogP contribution in [-0.2, 0) is 14.6 Å². The molecule has 0 spiro atoms. The molecule has 28 heavy (non-hydrogen) atoms. The smallest absolute Gasteiger partial charge is 0.234 e. The molecule has 4 rings (SSSR count). The zero-order chi connectivity index (χ0) is 19.7. The second-order valence-electron chi connectivity index (χ2n) is 6.67. The van der Waals surface area contributed by atoms with Crippen molar-refractivity contribution in [2.75, 3.05) is 27.5 Å². The Morgan fingerprint density at radius 2 is 1.86 bits per heavy atom. The number of fused-ring (bicyclic) bond motifs is 1. The number of carbonyl (C=O) groups is 1. The molecular weight excluding hydrogens is 462 g/mol. The average Bonchev–Trinajstić information content (AvgIpc) is 3.13. The van der Waals surface area contributed by atoms with Gasteiger partial charge < -0.3 is 10.2 Å². The summed E-state index contributed by atoms with van der Waals surface area (Å²) in [4.78, 5) is 18.9. The Morgan fingerprint density at radius 1 is 1.14 bits per heavy atom. The molecule has 0 unspecified atom stereocenters. The van der Waals surface area contributed by atoms with Crippen LogP contribution < -0.4 is 10.2 Å². The molecule has 1 saturated heterocycles. The van der Waals surface area contributed by atoms with Crippen molar-refractivity contribution in [3.8, 4) is 0 Å². The first-order valence-electron chi connectivity index (χ1n) is 8.72. The Balaban J connectivity index is 1.47. The number of anilines is 2. The van der Waals surface area contributed by atoms with Gasteiger partial charge in [0.2, 0.25) is 5.91 Å². The normalized spacial score (nSPS) is 22.6. The summed E-state index contributed by atoms with van der Waals surface area (Å²) in [5.74, 6) is 0.221. The van der Waals surface area contributed by atoms with Gasteiger partial charge in [-0.3, -0.25) is 9.79 Å². The van der Waals surface area contributed by atoms with E-state index in [4.69, 9.17) is 0 Å².